The van der Waals surface area contributed by atoms with E-state index in [0.717, 1.165) is 11.3 Å². The lowest BCUT2D eigenvalue weighted by Gasteiger charge is -2.06. The summed E-state index contributed by atoms with van der Waals surface area (Å²) in [7, 11) is -3.86. The number of benzene rings is 1. The van der Waals surface area contributed by atoms with Gasteiger partial charge in [0.15, 0.2) is 0 Å². The van der Waals surface area contributed by atoms with Crippen LogP contribution in [0.4, 0.5) is 10.8 Å². The normalized spacial score (nSPS) is 10.8. The van der Waals surface area contributed by atoms with Crippen LogP contribution in [0.15, 0.2) is 28.6 Å². The van der Waals surface area contributed by atoms with E-state index in [1.54, 1.807) is 6.07 Å². The molecule has 0 spiro atoms. The molecule has 0 fully saturated rings. The maximum absolute atomic E-state index is 12.0. The summed E-state index contributed by atoms with van der Waals surface area (Å²) >= 11 is 1.04. The Morgan fingerprint density at radius 3 is 2.83 bits per heavy atom. The largest absolute Gasteiger partial charge is 0.399 e. The van der Waals surface area contributed by atoms with Crippen molar-refractivity contribution in [3.8, 4) is 6.07 Å². The van der Waals surface area contributed by atoms with E-state index in [1.165, 1.54) is 23.7 Å². The summed E-state index contributed by atoms with van der Waals surface area (Å²) < 4.78 is 26.3. The van der Waals surface area contributed by atoms with E-state index < -0.39 is 10.0 Å². The molecule has 0 unspecified atom stereocenters. The third-order valence-electron chi connectivity index (χ3n) is 2.00. The zero-order chi connectivity index (χ0) is 13.2. The van der Waals surface area contributed by atoms with E-state index in [0.29, 0.717) is 5.69 Å². The maximum atomic E-state index is 12.0. The molecule has 9 heteroatoms. The Kier molecular flexibility index (Phi) is 3.14. The second-order valence-electron chi connectivity index (χ2n) is 3.22. The molecule has 0 aliphatic rings. The lowest BCUT2D eigenvalue weighted by molar-refractivity contribution is 0.601. The number of rotatable bonds is 3. The highest BCUT2D eigenvalue weighted by atomic mass is 32.2. The minimum absolute atomic E-state index is 0.0213. The molecule has 0 amide bonds. The molecule has 1 aromatic carbocycles. The number of anilines is 2. The van der Waals surface area contributed by atoms with Gasteiger partial charge in [0.1, 0.15) is 16.5 Å². The van der Waals surface area contributed by atoms with Crippen molar-refractivity contribution in [3.05, 3.63) is 29.3 Å². The highest BCUT2D eigenvalue weighted by molar-refractivity contribution is 7.93. The van der Waals surface area contributed by atoms with Gasteiger partial charge in [0, 0.05) is 5.69 Å². The Bertz CT molecular complexity index is 703. The Morgan fingerprint density at radius 2 is 2.22 bits per heavy atom. The van der Waals surface area contributed by atoms with Gasteiger partial charge < -0.3 is 5.73 Å². The number of nitrogens with two attached hydrogens (primary N) is 1. The third-order valence-corrected chi connectivity index (χ3v) is 4.13. The fourth-order valence-corrected chi connectivity index (χ4v) is 3.09. The number of nitrogens with zero attached hydrogens (tertiary/aromatic N) is 3. The van der Waals surface area contributed by atoms with Gasteiger partial charge in [-0.1, -0.05) is 11.3 Å². The zero-order valence-electron chi connectivity index (χ0n) is 8.86. The van der Waals surface area contributed by atoms with E-state index in [9.17, 15) is 8.42 Å². The molecule has 0 bridgehead atoms. The first-order valence-electron chi connectivity index (χ1n) is 4.61. The van der Waals surface area contributed by atoms with Crippen molar-refractivity contribution in [2.45, 2.75) is 4.90 Å². The van der Waals surface area contributed by atoms with Gasteiger partial charge in [0.05, 0.1) is 5.56 Å². The molecule has 1 heterocycles. The van der Waals surface area contributed by atoms with Gasteiger partial charge in [-0.25, -0.2) is 8.42 Å². The van der Waals surface area contributed by atoms with Crippen LogP contribution < -0.4 is 10.5 Å². The molecule has 0 saturated carbocycles. The van der Waals surface area contributed by atoms with Gasteiger partial charge in [-0.3, -0.25) is 4.72 Å². The van der Waals surface area contributed by atoms with Crippen molar-refractivity contribution >= 4 is 32.2 Å². The van der Waals surface area contributed by atoms with Crippen LogP contribution in [0.5, 0.6) is 0 Å². The summed E-state index contributed by atoms with van der Waals surface area (Å²) in [5.74, 6) is 0. The average molecular weight is 281 g/mol. The number of nitrogens with one attached hydrogen (secondary N) is 1. The SMILES string of the molecule is N#Cc1cc(N)ccc1S(=O)(=O)Nc1nncs1. The molecule has 2 rings (SSSR count). The summed E-state index contributed by atoms with van der Waals surface area (Å²) in [4.78, 5) is -0.144. The predicted molar refractivity (Wildman–Crippen MR) is 66.3 cm³/mol. The van der Waals surface area contributed by atoms with Gasteiger partial charge in [-0.2, -0.15) is 5.26 Å². The minimum atomic E-state index is -3.86. The van der Waals surface area contributed by atoms with Gasteiger partial charge in [-0.05, 0) is 18.2 Å². The van der Waals surface area contributed by atoms with E-state index in [1.807, 2.05) is 0 Å². The van der Waals surface area contributed by atoms with Crippen molar-refractivity contribution in [2.24, 2.45) is 0 Å². The fourth-order valence-electron chi connectivity index (χ4n) is 1.26. The van der Waals surface area contributed by atoms with Crippen molar-refractivity contribution in [1.82, 2.24) is 10.2 Å². The van der Waals surface area contributed by atoms with E-state index in [2.05, 4.69) is 14.9 Å². The molecule has 0 atom stereocenters. The number of nitriles is 1. The summed E-state index contributed by atoms with van der Waals surface area (Å²) in [6.45, 7) is 0. The molecule has 7 nitrogen and oxygen atoms in total. The second-order valence-corrected chi connectivity index (χ2v) is 5.70. The molecule has 18 heavy (non-hydrogen) atoms. The summed E-state index contributed by atoms with van der Waals surface area (Å²) in [6, 6.07) is 5.78. The van der Waals surface area contributed by atoms with Crippen LogP contribution in [0.25, 0.3) is 0 Å². The third kappa shape index (κ3) is 2.39. The van der Waals surface area contributed by atoms with Gasteiger partial charge >= 0.3 is 0 Å². The minimum Gasteiger partial charge on any atom is -0.399 e. The van der Waals surface area contributed by atoms with Crippen LogP contribution in [0.2, 0.25) is 0 Å². The summed E-state index contributed by atoms with van der Waals surface area (Å²) in [5, 5.41) is 16.1. The number of aromatic nitrogens is 2. The lowest BCUT2D eigenvalue weighted by atomic mass is 10.2. The number of hydrogen-bond acceptors (Lipinski definition) is 7. The standard InChI is InChI=1S/C9H7N5O2S2/c10-4-6-3-7(11)1-2-8(6)18(15,16)14-9-13-12-5-17-9/h1-3,5H,11H2,(H,13,14). The van der Waals surface area contributed by atoms with Crippen molar-refractivity contribution in [3.63, 3.8) is 0 Å². The first-order chi connectivity index (χ1) is 8.53. The molecule has 2 aromatic rings. The van der Waals surface area contributed by atoms with Crippen LogP contribution in [0, 0.1) is 11.3 Å². The summed E-state index contributed by atoms with van der Waals surface area (Å²) in [5.41, 5.74) is 7.19. The topological polar surface area (TPSA) is 122 Å². The van der Waals surface area contributed by atoms with E-state index in [-0.39, 0.29) is 15.6 Å². The Hall–Kier alpha value is -2.18. The van der Waals surface area contributed by atoms with Crippen LogP contribution in [-0.2, 0) is 10.0 Å². The molecule has 0 saturated heterocycles. The van der Waals surface area contributed by atoms with Gasteiger partial charge in [0.25, 0.3) is 10.0 Å². The van der Waals surface area contributed by atoms with Crippen molar-refractivity contribution < 1.29 is 8.42 Å². The monoisotopic (exact) mass is 281 g/mol. The smallest absolute Gasteiger partial charge is 0.265 e. The quantitative estimate of drug-likeness (QED) is 0.802. The average Bonchev–Trinajstić information content (AvgIpc) is 2.80. The number of hydrogen-bond donors (Lipinski definition) is 2. The van der Waals surface area contributed by atoms with Crippen molar-refractivity contribution in [1.29, 1.82) is 5.26 Å². The molecule has 0 aliphatic heterocycles. The van der Waals surface area contributed by atoms with Crippen molar-refractivity contribution in [2.75, 3.05) is 10.5 Å². The first-order valence-corrected chi connectivity index (χ1v) is 6.98. The van der Waals surface area contributed by atoms with Gasteiger partial charge in [-0.15, -0.1) is 10.2 Å². The highest BCUT2D eigenvalue weighted by Gasteiger charge is 2.20. The zero-order valence-corrected chi connectivity index (χ0v) is 10.5. The molecule has 1 aromatic heterocycles. The molecule has 92 valence electrons. The Morgan fingerprint density at radius 1 is 1.44 bits per heavy atom. The Balaban J connectivity index is 2.45. The van der Waals surface area contributed by atoms with Crippen LogP contribution in [0.3, 0.4) is 0 Å². The van der Waals surface area contributed by atoms with E-state index >= 15 is 0 Å². The number of nitrogen functional groups attached to an aromatic ring is 1. The maximum Gasteiger partial charge on any atom is 0.265 e. The molecule has 0 radical (unpaired) electrons. The van der Waals surface area contributed by atoms with Crippen LogP contribution >= 0.6 is 11.3 Å². The summed E-state index contributed by atoms with van der Waals surface area (Å²) in [6.07, 6.45) is 0. The Labute approximate surface area is 107 Å². The lowest BCUT2D eigenvalue weighted by Crippen LogP contribution is -2.14. The fraction of sp³-hybridized carbons (Fsp3) is 0. The molecular weight excluding hydrogens is 274 g/mol. The van der Waals surface area contributed by atoms with Crippen LogP contribution in [0.1, 0.15) is 5.56 Å². The van der Waals surface area contributed by atoms with E-state index in [4.69, 9.17) is 11.0 Å². The molecular formula is C9H7N5O2S2. The van der Waals surface area contributed by atoms with Gasteiger partial charge in [0.2, 0.25) is 5.13 Å². The molecule has 3 N–H and O–H groups in total. The predicted octanol–water partition coefficient (Wildman–Crippen LogP) is 0.793. The first kappa shape index (κ1) is 12.3. The molecule has 0 aliphatic carbocycles. The number of sulfonamides is 1. The second kappa shape index (κ2) is 4.59. The highest BCUT2D eigenvalue weighted by Crippen LogP contribution is 2.21. The van der Waals surface area contributed by atoms with Crippen LogP contribution in [-0.4, -0.2) is 18.6 Å².